The zero-order valence-corrected chi connectivity index (χ0v) is 19.7. The minimum Gasteiger partial charge on any atom is -0.493 e. The molecule has 0 aliphatic carbocycles. The van der Waals surface area contributed by atoms with Crippen LogP contribution in [-0.2, 0) is 11.2 Å². The van der Waals surface area contributed by atoms with Crippen molar-refractivity contribution < 1.29 is 18.7 Å². The Labute approximate surface area is 202 Å². The second-order valence-corrected chi connectivity index (χ2v) is 8.26. The van der Waals surface area contributed by atoms with Gasteiger partial charge in [-0.3, -0.25) is 4.79 Å². The third-order valence-electron chi connectivity index (χ3n) is 5.71. The van der Waals surface area contributed by atoms with Crippen molar-refractivity contribution in [1.29, 1.82) is 0 Å². The highest BCUT2D eigenvalue weighted by Gasteiger charge is 2.24. The molecule has 1 amide bonds. The lowest BCUT2D eigenvalue weighted by molar-refractivity contribution is -0.121. The van der Waals surface area contributed by atoms with E-state index in [9.17, 15) is 9.18 Å². The molecule has 0 bridgehead atoms. The number of imidazole rings is 1. The molecule has 2 heterocycles. The van der Waals surface area contributed by atoms with Crippen molar-refractivity contribution in [3.05, 3.63) is 94.7 Å². The second kappa shape index (κ2) is 10.6. The molecule has 0 saturated heterocycles. The van der Waals surface area contributed by atoms with Crippen molar-refractivity contribution in [3.8, 4) is 11.5 Å². The van der Waals surface area contributed by atoms with Crippen LogP contribution in [0.15, 0.2) is 67.0 Å². The Bertz CT molecular complexity index is 1310. The van der Waals surface area contributed by atoms with E-state index in [-0.39, 0.29) is 18.1 Å². The van der Waals surface area contributed by atoms with Crippen LogP contribution in [0.25, 0.3) is 5.65 Å². The van der Waals surface area contributed by atoms with Crippen molar-refractivity contribution in [1.82, 2.24) is 14.7 Å². The molecule has 0 aliphatic heterocycles. The van der Waals surface area contributed by atoms with Gasteiger partial charge >= 0.3 is 0 Å². The summed E-state index contributed by atoms with van der Waals surface area (Å²) in [7, 11) is 3.17. The molecule has 0 fully saturated rings. The predicted octanol–water partition coefficient (Wildman–Crippen LogP) is 5.02. The zero-order valence-electron chi connectivity index (χ0n) is 18.9. The lowest BCUT2D eigenvalue weighted by atomic mass is 9.92. The van der Waals surface area contributed by atoms with E-state index in [2.05, 4.69) is 10.3 Å². The third kappa shape index (κ3) is 5.15. The molecule has 8 heteroatoms. The van der Waals surface area contributed by atoms with Gasteiger partial charge in [0.1, 0.15) is 11.5 Å². The van der Waals surface area contributed by atoms with Gasteiger partial charge in [0.05, 0.1) is 24.9 Å². The molecule has 34 heavy (non-hydrogen) atoms. The van der Waals surface area contributed by atoms with Gasteiger partial charge in [0, 0.05) is 31.3 Å². The fraction of sp³-hybridized carbons (Fsp3) is 0.231. The number of amides is 1. The van der Waals surface area contributed by atoms with Crippen LogP contribution in [0.5, 0.6) is 11.5 Å². The van der Waals surface area contributed by atoms with Gasteiger partial charge in [-0.2, -0.15) is 0 Å². The number of hydrogen-bond acceptors (Lipinski definition) is 4. The molecule has 0 saturated carbocycles. The fourth-order valence-electron chi connectivity index (χ4n) is 4.00. The quantitative estimate of drug-likeness (QED) is 0.364. The number of methoxy groups -OCH3 is 2. The van der Waals surface area contributed by atoms with E-state index >= 15 is 0 Å². The highest BCUT2D eigenvalue weighted by atomic mass is 35.5. The van der Waals surface area contributed by atoms with Gasteiger partial charge in [-0.25, -0.2) is 9.37 Å². The first kappa shape index (κ1) is 23.6. The largest absolute Gasteiger partial charge is 0.493 e. The van der Waals surface area contributed by atoms with Crippen molar-refractivity contribution in [2.24, 2.45) is 0 Å². The summed E-state index contributed by atoms with van der Waals surface area (Å²) in [5.74, 6) is 0.192. The Balaban J connectivity index is 1.51. The molecule has 1 atom stereocenters. The van der Waals surface area contributed by atoms with Gasteiger partial charge in [0.15, 0.2) is 11.5 Å². The average Bonchev–Trinajstić information content (AvgIpc) is 3.25. The number of hydrogen-bond donors (Lipinski definition) is 1. The molecule has 6 nitrogen and oxygen atoms in total. The average molecular weight is 482 g/mol. The Morgan fingerprint density at radius 3 is 2.68 bits per heavy atom. The number of ether oxygens (including phenoxy) is 2. The first-order chi connectivity index (χ1) is 16.5. The molecule has 0 aliphatic rings. The number of rotatable bonds is 9. The van der Waals surface area contributed by atoms with E-state index in [4.69, 9.17) is 21.1 Å². The molecule has 176 valence electrons. The number of carbonyl (C=O) groups is 1. The first-order valence-electron chi connectivity index (χ1n) is 10.8. The van der Waals surface area contributed by atoms with Crippen LogP contribution in [-0.4, -0.2) is 36.1 Å². The highest BCUT2D eigenvalue weighted by molar-refractivity contribution is 6.30. The highest BCUT2D eigenvalue weighted by Crippen LogP contribution is 2.31. The van der Waals surface area contributed by atoms with Crippen molar-refractivity contribution in [3.63, 3.8) is 0 Å². The number of carbonyl (C=O) groups excluding carboxylic acids is 1. The van der Waals surface area contributed by atoms with E-state index in [1.807, 2.05) is 18.2 Å². The van der Waals surface area contributed by atoms with Crippen LogP contribution in [0.1, 0.15) is 29.2 Å². The minimum atomic E-state index is -0.532. The molecule has 1 N–H and O–H groups in total. The molecule has 0 spiro atoms. The lowest BCUT2D eigenvalue weighted by Gasteiger charge is -2.18. The number of nitrogens with zero attached hydrogens (tertiary/aromatic N) is 2. The van der Waals surface area contributed by atoms with E-state index in [1.165, 1.54) is 6.07 Å². The number of benzene rings is 2. The van der Waals surface area contributed by atoms with Gasteiger partial charge in [-0.05, 0) is 47.9 Å². The van der Waals surface area contributed by atoms with E-state index in [0.29, 0.717) is 46.4 Å². The first-order valence-corrected chi connectivity index (χ1v) is 11.2. The molecule has 1 unspecified atom stereocenters. The smallest absolute Gasteiger partial charge is 0.221 e. The number of halogens is 2. The van der Waals surface area contributed by atoms with Crippen molar-refractivity contribution >= 4 is 23.2 Å². The van der Waals surface area contributed by atoms with Gasteiger partial charge in [-0.15, -0.1) is 0 Å². The van der Waals surface area contributed by atoms with Crippen molar-refractivity contribution in [2.45, 2.75) is 18.8 Å². The maximum atomic E-state index is 14.8. The van der Waals surface area contributed by atoms with Crippen LogP contribution >= 0.6 is 11.6 Å². The Morgan fingerprint density at radius 2 is 1.91 bits per heavy atom. The molecule has 2 aromatic carbocycles. The van der Waals surface area contributed by atoms with Crippen LogP contribution in [0.2, 0.25) is 5.02 Å². The van der Waals surface area contributed by atoms with E-state index in [1.54, 1.807) is 61.3 Å². The Morgan fingerprint density at radius 1 is 1.12 bits per heavy atom. The zero-order chi connectivity index (χ0) is 24.1. The maximum Gasteiger partial charge on any atom is 0.221 e. The van der Waals surface area contributed by atoms with E-state index in [0.717, 1.165) is 5.56 Å². The number of aromatic nitrogens is 2. The molecule has 4 rings (SSSR count). The summed E-state index contributed by atoms with van der Waals surface area (Å²) in [5.41, 5.74) is 2.80. The SMILES string of the molecule is COc1ccc(CCNC(=O)CC(c2ccccc2F)c2cnc3ccc(Cl)cn23)cc1OC. The number of fused-ring (bicyclic) bond motifs is 1. The van der Waals surface area contributed by atoms with Crippen LogP contribution in [0.4, 0.5) is 4.39 Å². The second-order valence-electron chi connectivity index (χ2n) is 7.83. The summed E-state index contributed by atoms with van der Waals surface area (Å²) in [6.45, 7) is 0.428. The Kier molecular flexibility index (Phi) is 7.33. The number of nitrogens with one attached hydrogen (secondary N) is 1. The molecule has 4 aromatic rings. The van der Waals surface area contributed by atoms with Crippen molar-refractivity contribution in [2.75, 3.05) is 20.8 Å². The predicted molar refractivity (Wildman–Crippen MR) is 129 cm³/mol. The molecular formula is C26H25ClFN3O3. The summed E-state index contributed by atoms with van der Waals surface area (Å²) in [6, 6.07) is 15.7. The molecular weight excluding hydrogens is 457 g/mol. The summed E-state index contributed by atoms with van der Waals surface area (Å²) in [4.78, 5) is 17.3. The monoisotopic (exact) mass is 481 g/mol. The van der Waals surface area contributed by atoms with Gasteiger partial charge in [0.25, 0.3) is 0 Å². The standard InChI is InChI=1S/C26H25ClFN3O3/c1-33-23-9-7-17(13-24(23)34-2)11-12-29-26(32)14-20(19-5-3-4-6-21(19)28)22-15-30-25-10-8-18(27)16-31(22)25/h3-10,13,15-16,20H,11-12,14H2,1-2H3,(H,29,32). The Hall–Kier alpha value is -3.58. The summed E-state index contributed by atoms with van der Waals surface area (Å²) in [6.07, 6.45) is 4.07. The topological polar surface area (TPSA) is 64.9 Å². The third-order valence-corrected chi connectivity index (χ3v) is 5.93. The summed E-state index contributed by atoms with van der Waals surface area (Å²) in [5, 5.41) is 3.48. The van der Waals surface area contributed by atoms with Crippen LogP contribution in [0.3, 0.4) is 0 Å². The van der Waals surface area contributed by atoms with Crippen LogP contribution in [0, 0.1) is 5.82 Å². The van der Waals surface area contributed by atoms with Crippen LogP contribution < -0.4 is 14.8 Å². The fourth-order valence-corrected chi connectivity index (χ4v) is 4.16. The van der Waals surface area contributed by atoms with Gasteiger partial charge in [-0.1, -0.05) is 35.9 Å². The van der Waals surface area contributed by atoms with Gasteiger partial charge in [0.2, 0.25) is 5.91 Å². The van der Waals surface area contributed by atoms with Gasteiger partial charge < -0.3 is 19.2 Å². The maximum absolute atomic E-state index is 14.8. The molecule has 0 radical (unpaired) electrons. The summed E-state index contributed by atoms with van der Waals surface area (Å²) >= 11 is 6.18. The van der Waals surface area contributed by atoms with E-state index < -0.39 is 5.92 Å². The number of pyridine rings is 1. The normalized spacial score (nSPS) is 11.9. The lowest BCUT2D eigenvalue weighted by Crippen LogP contribution is -2.28. The molecule has 2 aromatic heterocycles. The summed E-state index contributed by atoms with van der Waals surface area (Å²) < 4.78 is 27.2. The minimum absolute atomic E-state index is 0.0627.